The van der Waals surface area contributed by atoms with Crippen molar-refractivity contribution >= 4 is 81.6 Å². The van der Waals surface area contributed by atoms with Gasteiger partial charge in [0.05, 0.1) is 18.2 Å². The van der Waals surface area contributed by atoms with Crippen LogP contribution < -0.4 is 54.4 Å². The molecule has 0 unspecified atom stereocenters. The van der Waals surface area contributed by atoms with Crippen LogP contribution in [0.2, 0.25) is 0 Å². The number of primary amides is 2. The maximum atomic E-state index is 14.3. The number of nitrogens with zero attached hydrogens (tertiary/aromatic N) is 2. The smallest absolute Gasteiger partial charge is 0.312 e. The number of aromatic nitrogens is 1. The standard InChI is InChI=1S/C61H87N13O13/c1-34(24-52(79)49(32-68-61(64)87)73-58(85)50-30-42(77)33-74(50)59(86)48(69-35(2)75)27-38-17-19-41(76)20-18-38)56(83)71-45(25-36-10-5-4-6-11-36)51(78)21-22-54(81)70-46(26-37-15-16-37)53(80)29-39(12-9-23-66-60(63)65-3)57(84)72-47(55(62)82)28-40-31-67-44-14-8-7-13-43(40)44/h7-8,13-14,17-20,31,34,36-37,39,42,45-50,67,76-77H,4-6,9-12,15-16,21-30,32-33H2,1-3H3,(H2,62,82)(H,69,75)(H,70,81)(H,71,83)(H,72,84)(H,73,85)(H3,63,65,66)(H3,64,68,87)/t34-,39-,42-,45+,46+,47+,48-,49+,50+/m1/s1. The number of guanidine groups is 1. The zero-order chi connectivity index (χ0) is 63.3. The maximum absolute atomic E-state index is 14.3. The van der Waals surface area contributed by atoms with Crippen molar-refractivity contribution in [1.29, 1.82) is 0 Å². The number of carbonyl (C=O) groups excluding carboxylic acids is 11. The number of phenols is 1. The third kappa shape index (κ3) is 21.5. The van der Waals surface area contributed by atoms with Crippen molar-refractivity contribution in [3.63, 3.8) is 0 Å². The Balaban J connectivity index is 1.09. The van der Waals surface area contributed by atoms with E-state index in [0.717, 1.165) is 66.3 Å². The van der Waals surface area contributed by atoms with E-state index < -0.39 is 132 Å². The van der Waals surface area contributed by atoms with E-state index >= 15 is 0 Å². The second kappa shape index (κ2) is 32.9. The minimum absolute atomic E-state index is 0.0168. The largest absolute Gasteiger partial charge is 0.508 e. The minimum atomic E-state index is -1.48. The number of aliphatic hydroxyl groups excluding tert-OH is 1. The van der Waals surface area contributed by atoms with Crippen LogP contribution in [0.25, 0.3) is 10.9 Å². The molecule has 26 heteroatoms. The molecule has 2 saturated carbocycles. The van der Waals surface area contributed by atoms with Gasteiger partial charge in [0.15, 0.2) is 23.3 Å². The number of para-hydroxylation sites is 1. The van der Waals surface area contributed by atoms with Gasteiger partial charge in [0.25, 0.3) is 0 Å². The van der Waals surface area contributed by atoms with Gasteiger partial charge in [0, 0.05) is 107 Å². The molecule has 3 aliphatic rings. The van der Waals surface area contributed by atoms with Gasteiger partial charge in [-0.1, -0.05) is 82.2 Å². The van der Waals surface area contributed by atoms with Crippen LogP contribution in [0.4, 0.5) is 4.79 Å². The molecular weight excluding hydrogens is 1120 g/mol. The molecule has 16 N–H and O–H groups in total. The summed E-state index contributed by atoms with van der Waals surface area (Å²) in [6.45, 7) is 2.21. The SMILES string of the molecule is CN=C(N)NCCC[C@H](CC(=O)[C@H](CC1CC1)NC(=O)CCC(=O)[C@H](CC1CCCCC1)NC(=O)[C@H](C)CC(=O)[C@H](CNC(N)=O)NC(=O)[C@@H]1C[C@@H](O)CN1C(=O)[C@@H](Cc1ccc(O)cc1)NC(C)=O)C(=O)N[C@@H](Cc1c[nH]c2ccccc12)C(N)=O. The summed E-state index contributed by atoms with van der Waals surface area (Å²) in [5, 5.41) is 40.2. The van der Waals surface area contributed by atoms with Crippen molar-refractivity contribution in [3.05, 3.63) is 65.9 Å². The van der Waals surface area contributed by atoms with E-state index in [1.54, 1.807) is 18.3 Å². The Kier molecular flexibility index (Phi) is 25.6. The summed E-state index contributed by atoms with van der Waals surface area (Å²) in [5.41, 5.74) is 19.2. The summed E-state index contributed by atoms with van der Waals surface area (Å²) in [6, 6.07) is 5.27. The molecule has 2 heterocycles. The Hall–Kier alpha value is -8.42. The number of carbonyl (C=O) groups is 11. The van der Waals surface area contributed by atoms with Crippen molar-refractivity contribution in [2.45, 2.75) is 172 Å². The molecule has 26 nitrogen and oxygen atoms in total. The molecule has 3 fully saturated rings. The van der Waals surface area contributed by atoms with Gasteiger partial charge in [-0.25, -0.2) is 4.79 Å². The van der Waals surface area contributed by atoms with Crippen LogP contribution in [0, 0.1) is 23.7 Å². The average Bonchev–Trinajstić information content (AvgIpc) is 2.48. The lowest BCUT2D eigenvalue weighted by Gasteiger charge is -2.30. The van der Waals surface area contributed by atoms with Crippen molar-refractivity contribution in [3.8, 4) is 5.75 Å². The normalized spacial score (nSPS) is 18.6. The van der Waals surface area contributed by atoms with Crippen LogP contribution in [0.15, 0.2) is 59.7 Å². The highest BCUT2D eigenvalue weighted by Gasteiger charge is 2.43. The number of hydrogen-bond acceptors (Lipinski definition) is 14. The predicted molar refractivity (Wildman–Crippen MR) is 322 cm³/mol. The zero-order valence-electron chi connectivity index (χ0n) is 49.9. The van der Waals surface area contributed by atoms with Crippen LogP contribution in [-0.4, -0.2) is 160 Å². The van der Waals surface area contributed by atoms with Crippen LogP contribution >= 0.6 is 0 Å². The average molecular weight is 1210 g/mol. The fourth-order valence-electron chi connectivity index (χ4n) is 11.4. The van der Waals surface area contributed by atoms with E-state index in [1.165, 1.54) is 33.0 Å². The van der Waals surface area contributed by atoms with Crippen LogP contribution in [0.3, 0.4) is 0 Å². The van der Waals surface area contributed by atoms with Gasteiger partial charge in [-0.05, 0) is 66.8 Å². The highest BCUT2D eigenvalue weighted by molar-refractivity contribution is 5.99. The molecule has 1 aliphatic heterocycles. The highest BCUT2D eigenvalue weighted by atomic mass is 16.3. The van der Waals surface area contributed by atoms with Crippen LogP contribution in [-0.2, 0) is 60.8 Å². The molecule has 6 rings (SSSR count). The summed E-state index contributed by atoms with van der Waals surface area (Å²) < 4.78 is 0. The number of nitrogens with one attached hydrogen (secondary N) is 8. The number of urea groups is 1. The third-order valence-corrected chi connectivity index (χ3v) is 16.5. The van der Waals surface area contributed by atoms with Crippen molar-refractivity contribution in [2.75, 3.05) is 26.7 Å². The molecule has 3 aromatic rings. The Morgan fingerprint density at radius 3 is 2.02 bits per heavy atom. The second-order valence-corrected chi connectivity index (χ2v) is 23.5. The van der Waals surface area contributed by atoms with Crippen molar-refractivity contribution in [1.82, 2.24) is 47.1 Å². The Morgan fingerprint density at radius 1 is 0.713 bits per heavy atom. The van der Waals surface area contributed by atoms with Crippen molar-refractivity contribution < 1.29 is 63.0 Å². The van der Waals surface area contributed by atoms with Crippen molar-refractivity contribution in [2.24, 2.45) is 45.9 Å². The molecule has 0 bridgehead atoms. The maximum Gasteiger partial charge on any atom is 0.312 e. The van der Waals surface area contributed by atoms with Gasteiger partial charge in [-0.2, -0.15) is 0 Å². The van der Waals surface area contributed by atoms with Crippen LogP contribution in [0.5, 0.6) is 5.75 Å². The number of Topliss-reactive ketones (excluding diaryl/α,β-unsaturated/α-hetero) is 3. The number of benzene rings is 2. The number of ketones is 3. The number of aliphatic imine (C=N–C) groups is 1. The predicted octanol–water partition coefficient (Wildman–Crippen LogP) is 0.823. The molecular formula is C61H87N13O13. The number of likely N-dealkylation sites (tertiary alicyclic amines) is 1. The lowest BCUT2D eigenvalue weighted by atomic mass is 9.83. The minimum Gasteiger partial charge on any atom is -0.508 e. The van der Waals surface area contributed by atoms with E-state index in [-0.39, 0.29) is 81.5 Å². The molecule has 2 aromatic carbocycles. The molecule has 0 radical (unpaired) electrons. The second-order valence-electron chi connectivity index (χ2n) is 23.5. The first-order valence-corrected chi connectivity index (χ1v) is 30.1. The molecule has 2 aliphatic carbocycles. The molecule has 1 aromatic heterocycles. The first-order chi connectivity index (χ1) is 41.5. The number of aliphatic hydroxyl groups is 1. The van der Waals surface area contributed by atoms with Gasteiger partial charge in [-0.15, -0.1) is 0 Å². The Bertz CT molecular complexity index is 2960. The molecule has 87 heavy (non-hydrogen) atoms. The molecule has 9 atom stereocenters. The van der Waals surface area contributed by atoms with E-state index in [9.17, 15) is 63.0 Å². The topological polar surface area (TPSA) is 422 Å². The first kappa shape index (κ1) is 67.7. The lowest BCUT2D eigenvalue weighted by molar-refractivity contribution is -0.142. The highest BCUT2D eigenvalue weighted by Crippen LogP contribution is 2.35. The summed E-state index contributed by atoms with van der Waals surface area (Å²) in [4.78, 5) is 158. The number of phenolic OH excluding ortho intramolecular Hbond substituents is 1. The van der Waals surface area contributed by atoms with E-state index in [4.69, 9.17) is 17.2 Å². The lowest BCUT2D eigenvalue weighted by Crippen LogP contribution is -2.57. The molecule has 0 spiro atoms. The number of aromatic amines is 1. The number of amides is 9. The summed E-state index contributed by atoms with van der Waals surface area (Å²) >= 11 is 0. The first-order valence-electron chi connectivity index (χ1n) is 30.1. The zero-order valence-corrected chi connectivity index (χ0v) is 49.9. The Labute approximate surface area is 505 Å². The summed E-state index contributed by atoms with van der Waals surface area (Å²) in [5.74, 6) is -7.89. The monoisotopic (exact) mass is 1210 g/mol. The van der Waals surface area contributed by atoms with Gasteiger partial charge >= 0.3 is 6.03 Å². The number of aromatic hydroxyl groups is 1. The molecule has 474 valence electrons. The number of fused-ring (bicyclic) bond motifs is 1. The van der Waals surface area contributed by atoms with E-state index in [1.807, 2.05) is 24.3 Å². The third-order valence-electron chi connectivity index (χ3n) is 16.5. The van der Waals surface area contributed by atoms with Crippen LogP contribution in [0.1, 0.15) is 128 Å². The summed E-state index contributed by atoms with van der Waals surface area (Å²) in [6.07, 6.45) is 6.37. The number of hydrogen-bond donors (Lipinski definition) is 13. The molecule has 9 amide bonds. The number of β-amino-alcohol motifs (C(OH)–C–C–N with tert-alkyl or cyclic N) is 1. The number of rotatable bonds is 34. The summed E-state index contributed by atoms with van der Waals surface area (Å²) in [7, 11) is 1.52. The van der Waals surface area contributed by atoms with Gasteiger partial charge in [0.1, 0.15) is 29.9 Å². The van der Waals surface area contributed by atoms with Gasteiger partial charge in [0.2, 0.25) is 41.4 Å². The van der Waals surface area contributed by atoms with E-state index in [0.29, 0.717) is 24.9 Å². The van der Waals surface area contributed by atoms with E-state index in [2.05, 4.69) is 47.2 Å². The fourth-order valence-corrected chi connectivity index (χ4v) is 11.4. The fraction of sp³-hybridized carbons (Fsp3) is 0.574. The molecule has 1 saturated heterocycles. The quantitative estimate of drug-likeness (QED) is 0.0224. The Morgan fingerprint density at radius 2 is 1.37 bits per heavy atom. The number of nitrogens with two attached hydrogens (primary N) is 3. The van der Waals surface area contributed by atoms with Gasteiger partial charge in [-0.3, -0.25) is 52.9 Å². The number of H-pyrrole nitrogens is 1. The van der Waals surface area contributed by atoms with Gasteiger partial charge < -0.3 is 74.5 Å².